The summed E-state index contributed by atoms with van der Waals surface area (Å²) in [5.74, 6) is 0.194. The molecule has 546 valence electrons. The van der Waals surface area contributed by atoms with Crippen LogP contribution in [0.1, 0.15) is 370 Å². The molecule has 0 bridgehead atoms. The predicted molar refractivity (Wildman–Crippen MR) is 372 cm³/mol. The molecule has 8 atom stereocenters. The normalized spacial score (nSPS) is 15.0. The van der Waals surface area contributed by atoms with Crippen LogP contribution in [0.5, 0.6) is 0 Å². The second kappa shape index (κ2) is 63.8. The first-order valence-electron chi connectivity index (χ1n) is 38.0. The van der Waals surface area contributed by atoms with E-state index in [1.807, 2.05) is 0 Å². The summed E-state index contributed by atoms with van der Waals surface area (Å²) in [4.78, 5) is 72.5. The maximum atomic E-state index is 13.0. The lowest BCUT2D eigenvalue weighted by Crippen LogP contribution is -2.30. The Kier molecular flexibility index (Phi) is 62.4. The van der Waals surface area contributed by atoms with Crippen LogP contribution in [0.2, 0.25) is 0 Å². The molecule has 0 aliphatic heterocycles. The number of esters is 4. The Balaban J connectivity index is 5.15. The van der Waals surface area contributed by atoms with Gasteiger partial charge in [-0.3, -0.25) is 37.3 Å². The van der Waals surface area contributed by atoms with Crippen LogP contribution in [0.25, 0.3) is 0 Å². The number of hydrogen-bond acceptors (Lipinski definition) is 15. The zero-order valence-electron chi connectivity index (χ0n) is 60.0. The smallest absolute Gasteiger partial charge is 0.462 e. The van der Waals surface area contributed by atoms with Gasteiger partial charge in [0.05, 0.1) is 26.4 Å². The predicted octanol–water partition coefficient (Wildman–Crippen LogP) is 21.0. The summed E-state index contributed by atoms with van der Waals surface area (Å²) in [5.41, 5.74) is 0. The Labute approximate surface area is 562 Å². The standard InChI is InChI=1S/C73H142O17P2/c1-8-12-13-14-15-16-28-31-40-47-54-70(75)83-60-69(90-73(78)57-50-43-36-34-39-46-53-66(7)11-4)63-88-92(81,82)86-59-67(74)58-85-91(79,80)87-62-68(61-84-71(76)55-48-41-35-33-38-45-52-65(6)10-3)89-72(77)56-49-42-32-29-26-24-22-20-18-17-19-21-23-25-27-30-37-44-51-64(5)9-2/h64-69,74H,8-63H2,1-7H3,(H,79,80)(H,81,82)/t64?,65?,66?,67-,68-,69-/m1/s1. The highest BCUT2D eigenvalue weighted by molar-refractivity contribution is 7.47. The van der Waals surface area contributed by atoms with Crippen molar-refractivity contribution in [3.63, 3.8) is 0 Å². The van der Waals surface area contributed by atoms with Crippen LogP contribution >= 0.6 is 15.6 Å². The molecule has 19 heteroatoms. The second-order valence-electron chi connectivity index (χ2n) is 27.1. The van der Waals surface area contributed by atoms with Crippen LogP contribution in [-0.2, 0) is 65.4 Å². The van der Waals surface area contributed by atoms with Crippen molar-refractivity contribution in [2.45, 2.75) is 388 Å². The van der Waals surface area contributed by atoms with Crippen LogP contribution in [0, 0.1) is 17.8 Å². The molecule has 0 aromatic heterocycles. The van der Waals surface area contributed by atoms with Crippen LogP contribution in [0.15, 0.2) is 0 Å². The van der Waals surface area contributed by atoms with E-state index in [-0.39, 0.29) is 25.7 Å². The summed E-state index contributed by atoms with van der Waals surface area (Å²) in [6.07, 6.45) is 48.7. The van der Waals surface area contributed by atoms with E-state index in [1.54, 1.807) is 0 Å². The Hall–Kier alpha value is -1.94. The third kappa shape index (κ3) is 62.8. The van der Waals surface area contributed by atoms with Crippen molar-refractivity contribution < 1.29 is 80.2 Å². The maximum absolute atomic E-state index is 13.0. The molecule has 0 aromatic rings. The van der Waals surface area contributed by atoms with E-state index in [0.717, 1.165) is 114 Å². The van der Waals surface area contributed by atoms with Crippen molar-refractivity contribution in [3.8, 4) is 0 Å². The molecule has 0 saturated heterocycles. The van der Waals surface area contributed by atoms with Gasteiger partial charge in [-0.05, 0) is 43.4 Å². The topological polar surface area (TPSA) is 237 Å². The van der Waals surface area contributed by atoms with Gasteiger partial charge in [0, 0.05) is 25.7 Å². The fraction of sp³-hybridized carbons (Fsp3) is 0.945. The Morgan fingerprint density at radius 2 is 0.522 bits per heavy atom. The summed E-state index contributed by atoms with van der Waals surface area (Å²) >= 11 is 0. The molecule has 0 saturated carbocycles. The number of rotatable bonds is 71. The number of carbonyl (C=O) groups excluding carboxylic acids is 4. The molecule has 0 heterocycles. The van der Waals surface area contributed by atoms with Gasteiger partial charge in [0.1, 0.15) is 19.3 Å². The molecule has 0 rings (SSSR count). The third-order valence-electron chi connectivity index (χ3n) is 18.0. The molecule has 0 spiro atoms. The van der Waals surface area contributed by atoms with Gasteiger partial charge in [0.2, 0.25) is 0 Å². The number of ether oxygens (including phenoxy) is 4. The van der Waals surface area contributed by atoms with Gasteiger partial charge in [0.15, 0.2) is 12.2 Å². The van der Waals surface area contributed by atoms with Crippen molar-refractivity contribution in [3.05, 3.63) is 0 Å². The fourth-order valence-corrected chi connectivity index (χ4v) is 12.6. The van der Waals surface area contributed by atoms with Crippen LogP contribution < -0.4 is 0 Å². The zero-order chi connectivity index (χ0) is 68.0. The first kappa shape index (κ1) is 90.1. The van der Waals surface area contributed by atoms with Crippen molar-refractivity contribution >= 4 is 39.5 Å². The Morgan fingerprint density at radius 1 is 0.304 bits per heavy atom. The minimum absolute atomic E-state index is 0.103. The highest BCUT2D eigenvalue weighted by atomic mass is 31.2. The number of phosphoric acid groups is 2. The molecule has 92 heavy (non-hydrogen) atoms. The molecule has 17 nitrogen and oxygen atoms in total. The number of aliphatic hydroxyl groups is 1. The number of unbranched alkanes of at least 4 members (excludes halogenated alkanes) is 36. The lowest BCUT2D eigenvalue weighted by molar-refractivity contribution is -0.161. The van der Waals surface area contributed by atoms with Crippen LogP contribution in [0.4, 0.5) is 0 Å². The lowest BCUT2D eigenvalue weighted by Gasteiger charge is -2.21. The molecule has 0 radical (unpaired) electrons. The van der Waals surface area contributed by atoms with Crippen LogP contribution in [-0.4, -0.2) is 96.7 Å². The molecular weight excluding hydrogens is 1210 g/mol. The fourth-order valence-electron chi connectivity index (χ4n) is 11.0. The highest BCUT2D eigenvalue weighted by Gasteiger charge is 2.30. The zero-order valence-corrected chi connectivity index (χ0v) is 61.8. The van der Waals surface area contributed by atoms with E-state index in [2.05, 4.69) is 48.5 Å². The summed E-state index contributed by atoms with van der Waals surface area (Å²) in [6.45, 7) is 11.8. The largest absolute Gasteiger partial charge is 0.472 e. The quantitative estimate of drug-likeness (QED) is 0.0222. The molecule has 3 N–H and O–H groups in total. The summed E-state index contributed by atoms with van der Waals surface area (Å²) in [5, 5.41) is 10.6. The first-order chi connectivity index (χ1) is 44.3. The summed E-state index contributed by atoms with van der Waals surface area (Å²) < 4.78 is 68.3. The van der Waals surface area contributed by atoms with Crippen LogP contribution in [0.3, 0.4) is 0 Å². The maximum Gasteiger partial charge on any atom is 0.472 e. The average molecular weight is 1350 g/mol. The van der Waals surface area contributed by atoms with Crippen molar-refractivity contribution in [2.24, 2.45) is 17.8 Å². The number of aliphatic hydroxyl groups excluding tert-OH is 1. The minimum Gasteiger partial charge on any atom is -0.462 e. The SMILES string of the molecule is CCCCCCCCCCCCC(=O)OC[C@H](COP(=O)(O)OC[C@H](O)COP(=O)(O)OC[C@@H](COC(=O)CCCCCCCCC(C)CC)OC(=O)CCCCCCCCCCCCCCCCCCCCC(C)CC)OC(=O)CCCCCCCCC(C)CC. The van der Waals surface area contributed by atoms with Gasteiger partial charge < -0.3 is 33.8 Å². The number of phosphoric ester groups is 2. The van der Waals surface area contributed by atoms with Gasteiger partial charge in [-0.2, -0.15) is 0 Å². The summed E-state index contributed by atoms with van der Waals surface area (Å²) in [6, 6.07) is 0. The molecular formula is C73H142O17P2. The Morgan fingerprint density at radius 3 is 0.772 bits per heavy atom. The summed E-state index contributed by atoms with van der Waals surface area (Å²) in [7, 11) is -9.90. The molecule has 0 aliphatic carbocycles. The molecule has 0 aromatic carbocycles. The van der Waals surface area contributed by atoms with E-state index >= 15 is 0 Å². The van der Waals surface area contributed by atoms with E-state index in [9.17, 15) is 43.2 Å². The first-order valence-corrected chi connectivity index (χ1v) is 41.0. The van der Waals surface area contributed by atoms with Crippen molar-refractivity contribution in [1.82, 2.24) is 0 Å². The second-order valence-corrected chi connectivity index (χ2v) is 30.0. The third-order valence-corrected chi connectivity index (χ3v) is 19.9. The molecule has 0 aliphatic rings. The number of carbonyl (C=O) groups is 4. The van der Waals surface area contributed by atoms with E-state index in [0.29, 0.717) is 25.7 Å². The van der Waals surface area contributed by atoms with Gasteiger partial charge in [-0.25, -0.2) is 9.13 Å². The van der Waals surface area contributed by atoms with Gasteiger partial charge in [0.25, 0.3) is 0 Å². The molecule has 0 amide bonds. The van der Waals surface area contributed by atoms with Crippen molar-refractivity contribution in [1.29, 1.82) is 0 Å². The number of hydrogen-bond donors (Lipinski definition) is 3. The highest BCUT2D eigenvalue weighted by Crippen LogP contribution is 2.45. The molecule has 5 unspecified atom stereocenters. The van der Waals surface area contributed by atoms with Gasteiger partial charge >= 0.3 is 39.5 Å². The van der Waals surface area contributed by atoms with E-state index in [1.165, 1.54) is 173 Å². The Bertz CT molecular complexity index is 1810. The average Bonchev–Trinajstić information content (AvgIpc) is 3.07. The monoisotopic (exact) mass is 1350 g/mol. The van der Waals surface area contributed by atoms with Gasteiger partial charge in [-0.1, -0.05) is 318 Å². The molecule has 0 fully saturated rings. The minimum atomic E-state index is -4.95. The van der Waals surface area contributed by atoms with Gasteiger partial charge in [-0.15, -0.1) is 0 Å². The van der Waals surface area contributed by atoms with Crippen molar-refractivity contribution in [2.75, 3.05) is 39.6 Å². The van der Waals surface area contributed by atoms with E-state index < -0.39 is 97.5 Å². The van der Waals surface area contributed by atoms with E-state index in [4.69, 9.17) is 37.0 Å². The lowest BCUT2D eigenvalue weighted by atomic mass is 9.99.